The number of carbonyl (C=O) groups excluding carboxylic acids is 1. The molecule has 2 heterocycles. The van der Waals surface area contributed by atoms with Crippen LogP contribution in [0.1, 0.15) is 46.5 Å². The number of hydrogen-bond acceptors (Lipinski definition) is 3. The molecule has 17 heavy (non-hydrogen) atoms. The van der Waals surface area contributed by atoms with Gasteiger partial charge in [0.05, 0.1) is 0 Å². The Morgan fingerprint density at radius 2 is 1.94 bits per heavy atom. The van der Waals surface area contributed by atoms with Crippen molar-refractivity contribution in [3.63, 3.8) is 0 Å². The summed E-state index contributed by atoms with van der Waals surface area (Å²) < 4.78 is 5.59. The van der Waals surface area contributed by atoms with Crippen LogP contribution >= 0.6 is 0 Å². The van der Waals surface area contributed by atoms with Crippen LogP contribution in [-0.4, -0.2) is 23.3 Å². The summed E-state index contributed by atoms with van der Waals surface area (Å²) in [6, 6.07) is 0. The normalized spacial score (nSPS) is 52.4. The van der Waals surface area contributed by atoms with Crippen LogP contribution in [0.4, 0.5) is 0 Å². The van der Waals surface area contributed by atoms with Gasteiger partial charge in [0.15, 0.2) is 12.1 Å². The molecule has 3 heteroatoms. The molecule has 0 aromatic rings. The lowest BCUT2D eigenvalue weighted by atomic mass is 9.61. The molecule has 1 N–H and O–H groups in total. The summed E-state index contributed by atoms with van der Waals surface area (Å²) in [4.78, 5) is 12.1. The van der Waals surface area contributed by atoms with E-state index in [1.165, 1.54) is 0 Å². The highest BCUT2D eigenvalue weighted by Crippen LogP contribution is 2.60. The van der Waals surface area contributed by atoms with Gasteiger partial charge in [0.25, 0.3) is 0 Å². The summed E-state index contributed by atoms with van der Waals surface area (Å²) >= 11 is 0. The van der Waals surface area contributed by atoms with Crippen molar-refractivity contribution in [2.75, 3.05) is 0 Å². The average Bonchev–Trinajstić information content (AvgIpc) is 2.39. The van der Waals surface area contributed by atoms with Crippen molar-refractivity contribution in [2.24, 2.45) is 22.7 Å². The van der Waals surface area contributed by atoms with Crippen LogP contribution in [0.25, 0.3) is 0 Å². The van der Waals surface area contributed by atoms with E-state index in [1.54, 1.807) is 0 Å². The molecule has 0 spiro atoms. The number of ether oxygens (including phenoxy) is 1. The average molecular weight is 238 g/mol. The Morgan fingerprint density at radius 3 is 2.65 bits per heavy atom. The Hall–Kier alpha value is -0.410. The van der Waals surface area contributed by atoms with E-state index in [0.717, 1.165) is 12.8 Å². The van der Waals surface area contributed by atoms with E-state index in [2.05, 4.69) is 20.8 Å². The third-order valence-electron chi connectivity index (χ3n) is 5.20. The lowest BCUT2D eigenvalue weighted by Crippen LogP contribution is -2.45. The van der Waals surface area contributed by atoms with Gasteiger partial charge in [-0.3, -0.25) is 4.79 Å². The maximum absolute atomic E-state index is 12.1. The van der Waals surface area contributed by atoms with Crippen LogP contribution < -0.4 is 0 Å². The van der Waals surface area contributed by atoms with Crippen molar-refractivity contribution < 1.29 is 14.6 Å². The standard InChI is InChI=1S/C14H22O3/c1-13(2)4-8-9(5-13)14(3)6-10(15)12(8)17-11(16)7-14/h8-9,11-12,16H,4-7H2,1-3H3/t8-,9+,11+,12+,14-/m1/s1. The molecule has 0 amide bonds. The molecule has 96 valence electrons. The molecular formula is C14H22O3. The van der Waals surface area contributed by atoms with E-state index in [0.29, 0.717) is 30.1 Å². The first-order valence-corrected chi connectivity index (χ1v) is 6.67. The molecule has 4 rings (SSSR count). The first kappa shape index (κ1) is 11.7. The van der Waals surface area contributed by atoms with Crippen LogP contribution in [0.5, 0.6) is 0 Å². The molecule has 0 aromatic heterocycles. The minimum absolute atomic E-state index is 0.0536. The van der Waals surface area contributed by atoms with Gasteiger partial charge >= 0.3 is 0 Å². The monoisotopic (exact) mass is 238 g/mol. The molecule has 2 aliphatic heterocycles. The van der Waals surface area contributed by atoms with Crippen LogP contribution in [0.15, 0.2) is 0 Å². The van der Waals surface area contributed by atoms with Crippen molar-refractivity contribution >= 4 is 5.78 Å². The predicted molar refractivity (Wildman–Crippen MR) is 63.2 cm³/mol. The van der Waals surface area contributed by atoms with Gasteiger partial charge in [0, 0.05) is 12.8 Å². The maximum Gasteiger partial charge on any atom is 0.162 e. The number of rotatable bonds is 0. The van der Waals surface area contributed by atoms with Crippen molar-refractivity contribution in [3.8, 4) is 0 Å². The highest BCUT2D eigenvalue weighted by Gasteiger charge is 2.59. The Balaban J connectivity index is 2.02. The second kappa shape index (κ2) is 3.33. The lowest BCUT2D eigenvalue weighted by Gasteiger charge is -2.41. The fourth-order valence-corrected chi connectivity index (χ4v) is 4.58. The van der Waals surface area contributed by atoms with E-state index in [-0.39, 0.29) is 17.3 Å². The first-order valence-electron chi connectivity index (χ1n) is 6.67. The Labute approximate surface area is 103 Å². The van der Waals surface area contributed by atoms with Crippen LogP contribution in [0.2, 0.25) is 0 Å². The molecule has 0 aromatic carbocycles. The van der Waals surface area contributed by atoms with Crippen molar-refractivity contribution in [1.82, 2.24) is 0 Å². The highest BCUT2D eigenvalue weighted by molar-refractivity contribution is 5.85. The number of aliphatic hydroxyl groups excluding tert-OH is 1. The summed E-state index contributed by atoms with van der Waals surface area (Å²) in [5.41, 5.74) is 0.257. The summed E-state index contributed by atoms with van der Waals surface area (Å²) in [6.07, 6.45) is 2.33. The number of ketones is 1. The van der Waals surface area contributed by atoms with Gasteiger partial charge in [-0.1, -0.05) is 20.8 Å². The third-order valence-corrected chi connectivity index (χ3v) is 5.20. The fourth-order valence-electron chi connectivity index (χ4n) is 4.58. The molecule has 4 aliphatic rings. The molecular weight excluding hydrogens is 216 g/mol. The second-order valence-corrected chi connectivity index (χ2v) is 7.36. The Bertz CT molecular complexity index is 362. The fraction of sp³-hybridized carbons (Fsp3) is 0.929. The van der Waals surface area contributed by atoms with E-state index < -0.39 is 6.29 Å². The van der Waals surface area contributed by atoms with Gasteiger partial charge in [0.2, 0.25) is 0 Å². The minimum Gasteiger partial charge on any atom is -0.368 e. The largest absolute Gasteiger partial charge is 0.368 e. The van der Waals surface area contributed by atoms with Crippen molar-refractivity contribution in [2.45, 2.75) is 58.8 Å². The van der Waals surface area contributed by atoms with E-state index in [1.807, 2.05) is 0 Å². The lowest BCUT2D eigenvalue weighted by molar-refractivity contribution is -0.161. The molecule has 2 bridgehead atoms. The maximum atomic E-state index is 12.1. The highest BCUT2D eigenvalue weighted by atomic mass is 16.6. The molecule has 2 saturated heterocycles. The van der Waals surface area contributed by atoms with Crippen molar-refractivity contribution in [1.29, 1.82) is 0 Å². The zero-order valence-corrected chi connectivity index (χ0v) is 10.9. The molecule has 2 saturated carbocycles. The topological polar surface area (TPSA) is 46.5 Å². The first-order chi connectivity index (χ1) is 7.81. The molecule has 5 atom stereocenters. The van der Waals surface area contributed by atoms with E-state index >= 15 is 0 Å². The SMILES string of the molecule is CC1(C)C[C@H]2[C@@H]3O[C@H](O)C[C@@](C)(CC3=O)[C@H]2C1. The molecule has 0 unspecified atom stereocenters. The van der Waals surface area contributed by atoms with Crippen LogP contribution in [-0.2, 0) is 9.53 Å². The van der Waals surface area contributed by atoms with E-state index in [9.17, 15) is 9.90 Å². The van der Waals surface area contributed by atoms with Gasteiger partial charge in [-0.2, -0.15) is 0 Å². The van der Waals surface area contributed by atoms with Gasteiger partial charge in [-0.15, -0.1) is 0 Å². The van der Waals surface area contributed by atoms with Gasteiger partial charge in [0.1, 0.15) is 6.10 Å². The van der Waals surface area contributed by atoms with E-state index in [4.69, 9.17) is 4.74 Å². The second-order valence-electron chi connectivity index (χ2n) is 7.36. The van der Waals surface area contributed by atoms with Gasteiger partial charge < -0.3 is 9.84 Å². The smallest absolute Gasteiger partial charge is 0.162 e. The van der Waals surface area contributed by atoms with Crippen molar-refractivity contribution in [3.05, 3.63) is 0 Å². The minimum atomic E-state index is -0.745. The number of hydrogen-bond donors (Lipinski definition) is 1. The Kier molecular flexibility index (Phi) is 2.28. The summed E-state index contributed by atoms with van der Waals surface area (Å²) in [7, 11) is 0. The van der Waals surface area contributed by atoms with Gasteiger partial charge in [-0.25, -0.2) is 0 Å². The number of Topliss-reactive ketones (excluding diaryl/α,β-unsaturated/α-hetero) is 1. The summed E-state index contributed by atoms with van der Waals surface area (Å²) in [6.45, 7) is 6.73. The zero-order chi connectivity index (χ0) is 12.4. The van der Waals surface area contributed by atoms with Crippen LogP contribution in [0, 0.1) is 22.7 Å². The predicted octanol–water partition coefficient (Wildman–Crippen LogP) is 2.13. The molecule has 0 radical (unpaired) electrons. The number of aliphatic hydroxyl groups is 1. The molecule has 4 fully saturated rings. The third kappa shape index (κ3) is 1.66. The van der Waals surface area contributed by atoms with Crippen LogP contribution in [0.3, 0.4) is 0 Å². The number of fused-ring (bicyclic) bond motifs is 3. The quantitative estimate of drug-likeness (QED) is 0.703. The van der Waals surface area contributed by atoms with Gasteiger partial charge in [-0.05, 0) is 35.5 Å². The summed E-state index contributed by atoms with van der Waals surface area (Å²) in [5.74, 6) is 1.08. The zero-order valence-electron chi connectivity index (χ0n) is 10.9. The molecule has 3 nitrogen and oxygen atoms in total. The summed E-state index contributed by atoms with van der Waals surface area (Å²) in [5, 5.41) is 9.86. The molecule has 2 aliphatic carbocycles. The number of carbonyl (C=O) groups is 1. The Morgan fingerprint density at radius 1 is 1.24 bits per heavy atom.